The van der Waals surface area contributed by atoms with Crippen LogP contribution >= 0.6 is 0 Å². The average Bonchev–Trinajstić information content (AvgIpc) is 3.51. The molecule has 0 aliphatic carbocycles. The molecule has 12 heteroatoms. The molecule has 0 radical (unpaired) electrons. The Morgan fingerprint density at radius 1 is 1.08 bits per heavy atom. The number of rotatable bonds is 6. The summed E-state index contributed by atoms with van der Waals surface area (Å²) in [6, 6.07) is 14.9. The Hall–Kier alpha value is -4.74. The zero-order valence-corrected chi connectivity index (χ0v) is 19.2. The summed E-state index contributed by atoms with van der Waals surface area (Å²) in [4.78, 5) is 17.3. The molecular formula is C25H18F4N6O2. The number of aromatic nitrogens is 5. The summed E-state index contributed by atoms with van der Waals surface area (Å²) >= 11 is 0. The number of hydrogen-bond donors (Lipinski definition) is 1. The molecule has 0 bridgehead atoms. The van der Waals surface area contributed by atoms with Crippen molar-refractivity contribution in [2.45, 2.75) is 12.7 Å². The second kappa shape index (κ2) is 9.37. The predicted octanol–water partition coefficient (Wildman–Crippen LogP) is 5.06. The maximum Gasteiger partial charge on any atom is 0.433 e. The van der Waals surface area contributed by atoms with Gasteiger partial charge < -0.3 is 10.1 Å². The van der Waals surface area contributed by atoms with Gasteiger partial charge in [0.15, 0.2) is 17.2 Å². The van der Waals surface area contributed by atoms with Crippen molar-refractivity contribution in [2.24, 2.45) is 0 Å². The first-order chi connectivity index (χ1) is 17.7. The standard InChI is InChI=1S/C25H18F4N6O2/c1-37-17-8-6-15(7-9-17)20-12-21(25(27,28)29)35-23(31-20)18(13-30-35)24(36)32-22-10-11-34(33-22)14-16-4-2-3-5-19(16)26/h2-13H,14H2,1H3,(H,32,33,36). The van der Waals surface area contributed by atoms with Crippen LogP contribution in [0.4, 0.5) is 23.4 Å². The maximum absolute atomic E-state index is 13.9. The van der Waals surface area contributed by atoms with Crippen molar-refractivity contribution in [2.75, 3.05) is 12.4 Å². The minimum Gasteiger partial charge on any atom is -0.497 e. The summed E-state index contributed by atoms with van der Waals surface area (Å²) in [5.41, 5.74) is -0.731. The molecule has 188 valence electrons. The van der Waals surface area contributed by atoms with Crippen LogP contribution in [0.25, 0.3) is 16.9 Å². The van der Waals surface area contributed by atoms with Crippen LogP contribution in [0.5, 0.6) is 5.75 Å². The predicted molar refractivity (Wildman–Crippen MR) is 126 cm³/mol. The van der Waals surface area contributed by atoms with Crippen molar-refractivity contribution in [1.29, 1.82) is 0 Å². The maximum atomic E-state index is 13.9. The summed E-state index contributed by atoms with van der Waals surface area (Å²) in [5, 5.41) is 10.5. The molecule has 0 aliphatic heterocycles. The van der Waals surface area contributed by atoms with Gasteiger partial charge in [-0.3, -0.25) is 9.48 Å². The Kier molecular flexibility index (Phi) is 6.07. The minimum absolute atomic E-state index is 0.00573. The number of nitrogens with zero attached hydrogens (tertiary/aromatic N) is 5. The Labute approximate surface area is 207 Å². The molecule has 1 amide bonds. The van der Waals surface area contributed by atoms with E-state index >= 15 is 0 Å². The van der Waals surface area contributed by atoms with Crippen molar-refractivity contribution in [3.63, 3.8) is 0 Å². The fourth-order valence-corrected chi connectivity index (χ4v) is 3.74. The van der Waals surface area contributed by atoms with E-state index in [1.165, 1.54) is 23.9 Å². The Morgan fingerprint density at radius 2 is 1.84 bits per heavy atom. The number of halogens is 4. The van der Waals surface area contributed by atoms with Crippen LogP contribution in [0, 0.1) is 5.82 Å². The Balaban J connectivity index is 1.47. The molecule has 2 aromatic carbocycles. The van der Waals surface area contributed by atoms with Gasteiger partial charge in [0.05, 0.1) is 25.5 Å². The molecule has 0 atom stereocenters. The SMILES string of the molecule is COc1ccc(-c2cc(C(F)(F)F)n3ncc(C(=O)Nc4ccn(Cc5ccccc5F)n4)c3n2)cc1. The van der Waals surface area contributed by atoms with Crippen LogP contribution < -0.4 is 10.1 Å². The van der Waals surface area contributed by atoms with Crippen LogP contribution in [0.2, 0.25) is 0 Å². The van der Waals surface area contributed by atoms with E-state index < -0.39 is 23.6 Å². The quantitative estimate of drug-likeness (QED) is 0.323. The lowest BCUT2D eigenvalue weighted by Crippen LogP contribution is -2.16. The van der Waals surface area contributed by atoms with E-state index in [1.54, 1.807) is 48.7 Å². The van der Waals surface area contributed by atoms with E-state index in [2.05, 4.69) is 20.5 Å². The number of carbonyl (C=O) groups is 1. The van der Waals surface area contributed by atoms with E-state index in [4.69, 9.17) is 4.74 Å². The fourth-order valence-electron chi connectivity index (χ4n) is 3.74. The third-order valence-corrected chi connectivity index (χ3v) is 5.57. The lowest BCUT2D eigenvalue weighted by Gasteiger charge is -2.12. The van der Waals surface area contributed by atoms with Crippen molar-refractivity contribution in [3.8, 4) is 17.0 Å². The normalized spacial score (nSPS) is 11.6. The number of alkyl halides is 3. The molecule has 0 saturated carbocycles. The Bertz CT molecular complexity index is 1590. The summed E-state index contributed by atoms with van der Waals surface area (Å²) in [7, 11) is 1.47. The molecule has 8 nitrogen and oxygen atoms in total. The van der Waals surface area contributed by atoms with Crippen LogP contribution in [0.15, 0.2) is 73.1 Å². The molecule has 0 spiro atoms. The Morgan fingerprint density at radius 3 is 2.54 bits per heavy atom. The van der Waals surface area contributed by atoms with E-state index in [0.717, 1.165) is 12.3 Å². The first kappa shape index (κ1) is 24.0. The van der Waals surface area contributed by atoms with Gasteiger partial charge in [0.1, 0.15) is 17.1 Å². The third-order valence-electron chi connectivity index (χ3n) is 5.57. The monoisotopic (exact) mass is 510 g/mol. The second-order valence-corrected chi connectivity index (χ2v) is 7.99. The molecule has 1 N–H and O–H groups in total. The zero-order chi connectivity index (χ0) is 26.2. The summed E-state index contributed by atoms with van der Waals surface area (Å²) < 4.78 is 62.6. The van der Waals surface area contributed by atoms with Crippen LogP contribution in [0.1, 0.15) is 21.6 Å². The molecular weight excluding hydrogens is 492 g/mol. The first-order valence-corrected chi connectivity index (χ1v) is 10.9. The summed E-state index contributed by atoms with van der Waals surface area (Å²) in [6.07, 6.45) is -2.20. The smallest absolute Gasteiger partial charge is 0.433 e. The van der Waals surface area contributed by atoms with Crippen molar-refractivity contribution in [1.82, 2.24) is 24.4 Å². The summed E-state index contributed by atoms with van der Waals surface area (Å²) in [5.74, 6) is -0.490. The molecule has 37 heavy (non-hydrogen) atoms. The zero-order valence-electron chi connectivity index (χ0n) is 19.2. The highest BCUT2D eigenvalue weighted by Gasteiger charge is 2.36. The third kappa shape index (κ3) is 4.85. The van der Waals surface area contributed by atoms with Crippen molar-refractivity contribution < 1.29 is 27.1 Å². The lowest BCUT2D eigenvalue weighted by molar-refractivity contribution is -0.142. The van der Waals surface area contributed by atoms with Crippen molar-refractivity contribution >= 4 is 17.4 Å². The number of methoxy groups -OCH3 is 1. The van der Waals surface area contributed by atoms with E-state index in [0.29, 0.717) is 21.4 Å². The topological polar surface area (TPSA) is 86.3 Å². The molecule has 0 fully saturated rings. The van der Waals surface area contributed by atoms with Crippen molar-refractivity contribution in [3.05, 3.63) is 95.7 Å². The number of fused-ring (bicyclic) bond motifs is 1. The van der Waals surface area contributed by atoms with Gasteiger partial charge in [-0.1, -0.05) is 18.2 Å². The first-order valence-electron chi connectivity index (χ1n) is 10.9. The number of nitrogens with one attached hydrogen (secondary N) is 1. The fraction of sp³-hybridized carbons (Fsp3) is 0.120. The number of ether oxygens (including phenoxy) is 1. The number of anilines is 1. The van der Waals surface area contributed by atoms with Crippen LogP contribution in [-0.4, -0.2) is 37.4 Å². The van der Waals surface area contributed by atoms with Gasteiger partial charge in [0.25, 0.3) is 5.91 Å². The molecule has 3 aromatic heterocycles. The highest BCUT2D eigenvalue weighted by Crippen LogP contribution is 2.33. The number of amides is 1. The van der Waals surface area contributed by atoms with E-state index in [1.807, 2.05) is 0 Å². The lowest BCUT2D eigenvalue weighted by atomic mass is 10.1. The van der Waals surface area contributed by atoms with E-state index in [-0.39, 0.29) is 29.3 Å². The molecule has 3 heterocycles. The average molecular weight is 510 g/mol. The molecule has 0 aliphatic rings. The molecule has 5 rings (SSSR count). The number of carbonyl (C=O) groups excluding carboxylic acids is 1. The van der Waals surface area contributed by atoms with Gasteiger partial charge in [-0.2, -0.15) is 23.4 Å². The largest absolute Gasteiger partial charge is 0.497 e. The van der Waals surface area contributed by atoms with Gasteiger partial charge >= 0.3 is 6.18 Å². The molecule has 0 unspecified atom stereocenters. The van der Waals surface area contributed by atoms with Gasteiger partial charge in [0.2, 0.25) is 0 Å². The number of hydrogen-bond acceptors (Lipinski definition) is 5. The van der Waals surface area contributed by atoms with E-state index in [9.17, 15) is 22.4 Å². The highest BCUT2D eigenvalue weighted by molar-refractivity contribution is 6.07. The van der Waals surface area contributed by atoms with Crippen LogP contribution in [-0.2, 0) is 12.7 Å². The second-order valence-electron chi connectivity index (χ2n) is 7.99. The van der Waals surface area contributed by atoms with Gasteiger partial charge in [-0.25, -0.2) is 13.9 Å². The summed E-state index contributed by atoms with van der Waals surface area (Å²) in [6.45, 7) is 0.126. The van der Waals surface area contributed by atoms with Gasteiger partial charge in [-0.05, 0) is 36.4 Å². The van der Waals surface area contributed by atoms with Crippen LogP contribution in [0.3, 0.4) is 0 Å². The molecule has 5 aromatic rings. The number of benzene rings is 2. The molecule has 0 saturated heterocycles. The van der Waals surface area contributed by atoms with Gasteiger partial charge in [-0.15, -0.1) is 0 Å². The van der Waals surface area contributed by atoms with Gasteiger partial charge in [0, 0.05) is 23.4 Å². The highest BCUT2D eigenvalue weighted by atomic mass is 19.4. The minimum atomic E-state index is -4.76.